The van der Waals surface area contributed by atoms with E-state index in [2.05, 4.69) is 0 Å². The average molecular weight is 313 g/mol. The zero-order valence-electron chi connectivity index (χ0n) is 12.6. The third kappa shape index (κ3) is 5.13. The SMILES string of the molecule is CCCN(CCC)S(=O)(=O)c1ccc(CCC(=O)O)cc1. The fourth-order valence-electron chi connectivity index (χ4n) is 2.08. The van der Waals surface area contributed by atoms with Gasteiger partial charge in [-0.2, -0.15) is 4.31 Å². The van der Waals surface area contributed by atoms with Crippen LogP contribution in [0.4, 0.5) is 0 Å². The number of hydrogen-bond donors (Lipinski definition) is 1. The van der Waals surface area contributed by atoms with Gasteiger partial charge in [-0.3, -0.25) is 4.79 Å². The topological polar surface area (TPSA) is 74.7 Å². The van der Waals surface area contributed by atoms with Gasteiger partial charge in [0.15, 0.2) is 0 Å². The van der Waals surface area contributed by atoms with Crippen LogP contribution in [0.2, 0.25) is 0 Å². The molecule has 118 valence electrons. The van der Waals surface area contributed by atoms with Crippen molar-refractivity contribution in [3.63, 3.8) is 0 Å². The Bertz CT molecular complexity index is 546. The van der Waals surface area contributed by atoms with Gasteiger partial charge in [0.25, 0.3) is 0 Å². The highest BCUT2D eigenvalue weighted by atomic mass is 32.2. The summed E-state index contributed by atoms with van der Waals surface area (Å²) in [6, 6.07) is 6.49. The van der Waals surface area contributed by atoms with E-state index in [1.807, 2.05) is 13.8 Å². The Morgan fingerprint density at radius 3 is 2.05 bits per heavy atom. The molecule has 0 amide bonds. The molecule has 0 saturated carbocycles. The lowest BCUT2D eigenvalue weighted by Gasteiger charge is -2.21. The maximum Gasteiger partial charge on any atom is 0.303 e. The Labute approximate surface area is 126 Å². The van der Waals surface area contributed by atoms with Gasteiger partial charge in [-0.25, -0.2) is 8.42 Å². The lowest BCUT2D eigenvalue weighted by molar-refractivity contribution is -0.136. The van der Waals surface area contributed by atoms with Crippen molar-refractivity contribution in [2.75, 3.05) is 13.1 Å². The summed E-state index contributed by atoms with van der Waals surface area (Å²) in [7, 11) is -3.46. The predicted octanol–water partition coefficient (Wildman–Crippen LogP) is 2.51. The van der Waals surface area contributed by atoms with Gasteiger partial charge >= 0.3 is 5.97 Å². The minimum absolute atomic E-state index is 0.0455. The Balaban J connectivity index is 2.90. The molecule has 0 aliphatic heterocycles. The molecule has 0 atom stereocenters. The molecule has 0 saturated heterocycles. The molecule has 0 unspecified atom stereocenters. The van der Waals surface area contributed by atoms with Crippen LogP contribution >= 0.6 is 0 Å². The van der Waals surface area contributed by atoms with E-state index < -0.39 is 16.0 Å². The van der Waals surface area contributed by atoms with Crippen molar-refractivity contribution < 1.29 is 18.3 Å². The average Bonchev–Trinajstić information content (AvgIpc) is 2.45. The number of carboxylic acids is 1. The summed E-state index contributed by atoms with van der Waals surface area (Å²) >= 11 is 0. The molecule has 0 bridgehead atoms. The largest absolute Gasteiger partial charge is 0.481 e. The zero-order chi connectivity index (χ0) is 15.9. The molecule has 0 spiro atoms. The van der Waals surface area contributed by atoms with E-state index in [4.69, 9.17) is 5.11 Å². The number of nitrogens with zero attached hydrogens (tertiary/aromatic N) is 1. The molecule has 0 aliphatic rings. The third-order valence-electron chi connectivity index (χ3n) is 3.13. The van der Waals surface area contributed by atoms with Crippen LogP contribution in [0, 0.1) is 0 Å². The summed E-state index contributed by atoms with van der Waals surface area (Å²) in [6.45, 7) is 4.92. The normalized spacial score (nSPS) is 11.8. The quantitative estimate of drug-likeness (QED) is 0.760. The summed E-state index contributed by atoms with van der Waals surface area (Å²) in [4.78, 5) is 10.8. The van der Waals surface area contributed by atoms with Crippen molar-refractivity contribution in [3.05, 3.63) is 29.8 Å². The summed E-state index contributed by atoms with van der Waals surface area (Å²) < 4.78 is 26.5. The van der Waals surface area contributed by atoms with Crippen molar-refractivity contribution in [2.24, 2.45) is 0 Å². The fourth-order valence-corrected chi connectivity index (χ4v) is 3.70. The van der Waals surface area contributed by atoms with Crippen LogP contribution in [0.5, 0.6) is 0 Å². The first-order valence-corrected chi connectivity index (χ1v) is 8.66. The molecule has 0 radical (unpaired) electrons. The number of carbonyl (C=O) groups is 1. The van der Waals surface area contributed by atoms with E-state index in [1.54, 1.807) is 24.3 Å². The molecular formula is C15H23NO4S. The lowest BCUT2D eigenvalue weighted by atomic mass is 10.1. The molecule has 0 aliphatic carbocycles. The van der Waals surface area contributed by atoms with Crippen LogP contribution < -0.4 is 0 Å². The first-order valence-electron chi connectivity index (χ1n) is 7.22. The molecule has 6 heteroatoms. The van der Waals surface area contributed by atoms with Crippen molar-refractivity contribution in [2.45, 2.75) is 44.4 Å². The number of benzene rings is 1. The first-order chi connectivity index (χ1) is 9.91. The van der Waals surface area contributed by atoms with E-state index in [0.717, 1.165) is 18.4 Å². The molecule has 1 aromatic rings. The van der Waals surface area contributed by atoms with E-state index in [0.29, 0.717) is 19.5 Å². The predicted molar refractivity (Wildman–Crippen MR) is 81.7 cm³/mol. The van der Waals surface area contributed by atoms with Gasteiger partial charge in [0.1, 0.15) is 0 Å². The van der Waals surface area contributed by atoms with Crippen molar-refractivity contribution in [1.29, 1.82) is 0 Å². The first kappa shape index (κ1) is 17.7. The molecule has 1 N–H and O–H groups in total. The van der Waals surface area contributed by atoms with E-state index in [-0.39, 0.29) is 11.3 Å². The van der Waals surface area contributed by atoms with E-state index >= 15 is 0 Å². The number of carboxylic acid groups (broad SMARTS) is 1. The van der Waals surface area contributed by atoms with Gasteiger partial charge in [0.05, 0.1) is 4.90 Å². The number of rotatable bonds is 9. The van der Waals surface area contributed by atoms with Crippen molar-refractivity contribution >= 4 is 16.0 Å². The molecule has 1 aromatic carbocycles. The highest BCUT2D eigenvalue weighted by Gasteiger charge is 2.22. The molecule has 5 nitrogen and oxygen atoms in total. The van der Waals surface area contributed by atoms with Crippen LogP contribution in [-0.2, 0) is 21.2 Å². The van der Waals surface area contributed by atoms with Gasteiger partial charge in [-0.1, -0.05) is 26.0 Å². The Morgan fingerprint density at radius 2 is 1.62 bits per heavy atom. The van der Waals surface area contributed by atoms with Crippen molar-refractivity contribution in [1.82, 2.24) is 4.31 Å². The van der Waals surface area contributed by atoms with Gasteiger partial charge < -0.3 is 5.11 Å². The van der Waals surface area contributed by atoms with E-state index in [9.17, 15) is 13.2 Å². The standard InChI is InChI=1S/C15H23NO4S/c1-3-11-16(12-4-2)21(19,20)14-8-5-13(6-9-14)7-10-15(17)18/h5-6,8-9H,3-4,7,10-12H2,1-2H3,(H,17,18). The lowest BCUT2D eigenvalue weighted by Crippen LogP contribution is -2.32. The van der Waals surface area contributed by atoms with E-state index in [1.165, 1.54) is 4.31 Å². The second-order valence-corrected chi connectivity index (χ2v) is 6.88. The minimum atomic E-state index is -3.46. The van der Waals surface area contributed by atoms with Crippen LogP contribution in [0.1, 0.15) is 38.7 Å². The summed E-state index contributed by atoms with van der Waals surface area (Å²) in [5.41, 5.74) is 0.828. The fraction of sp³-hybridized carbons (Fsp3) is 0.533. The third-order valence-corrected chi connectivity index (χ3v) is 5.05. The maximum atomic E-state index is 12.5. The molecule has 0 aromatic heterocycles. The Kier molecular flexibility index (Phi) is 6.84. The second-order valence-electron chi connectivity index (χ2n) is 4.94. The molecule has 0 fully saturated rings. The Hall–Kier alpha value is -1.40. The number of sulfonamides is 1. The highest BCUT2D eigenvalue weighted by Crippen LogP contribution is 2.18. The van der Waals surface area contributed by atoms with Gasteiger partial charge in [0, 0.05) is 19.5 Å². The van der Waals surface area contributed by atoms with Crippen LogP contribution in [-0.4, -0.2) is 36.9 Å². The summed E-state index contributed by atoms with van der Waals surface area (Å²) in [5.74, 6) is -0.858. The molecule has 0 heterocycles. The number of hydrogen-bond acceptors (Lipinski definition) is 3. The molecule has 1 rings (SSSR count). The van der Waals surface area contributed by atoms with Gasteiger partial charge in [-0.15, -0.1) is 0 Å². The number of aryl methyl sites for hydroxylation is 1. The zero-order valence-corrected chi connectivity index (χ0v) is 13.4. The van der Waals surface area contributed by atoms with Crippen LogP contribution in [0.15, 0.2) is 29.2 Å². The van der Waals surface area contributed by atoms with Crippen molar-refractivity contribution in [3.8, 4) is 0 Å². The minimum Gasteiger partial charge on any atom is -0.481 e. The van der Waals surface area contributed by atoms with Crippen LogP contribution in [0.25, 0.3) is 0 Å². The highest BCUT2D eigenvalue weighted by molar-refractivity contribution is 7.89. The van der Waals surface area contributed by atoms with Crippen LogP contribution in [0.3, 0.4) is 0 Å². The molecular weight excluding hydrogens is 290 g/mol. The Morgan fingerprint density at radius 1 is 1.10 bits per heavy atom. The second kappa shape index (κ2) is 8.14. The monoisotopic (exact) mass is 313 g/mol. The summed E-state index contributed by atoms with van der Waals surface area (Å²) in [5, 5.41) is 8.65. The smallest absolute Gasteiger partial charge is 0.303 e. The summed E-state index contributed by atoms with van der Waals surface area (Å²) in [6.07, 6.45) is 2.00. The van der Waals surface area contributed by atoms with Gasteiger partial charge in [0.2, 0.25) is 10.0 Å². The number of aliphatic carboxylic acids is 1. The molecule has 21 heavy (non-hydrogen) atoms. The maximum absolute atomic E-state index is 12.5. The van der Waals surface area contributed by atoms with Gasteiger partial charge in [-0.05, 0) is 37.0 Å².